The highest BCUT2D eigenvalue weighted by Gasteiger charge is 2.12. The van der Waals surface area contributed by atoms with Gasteiger partial charge < -0.3 is 10.6 Å². The summed E-state index contributed by atoms with van der Waals surface area (Å²) in [4.78, 5) is 28.7. The van der Waals surface area contributed by atoms with E-state index in [1.165, 1.54) is 0 Å². The van der Waals surface area contributed by atoms with E-state index in [1.807, 2.05) is 31.2 Å². The smallest absolute Gasteiger partial charge is 0.256 e. The van der Waals surface area contributed by atoms with Crippen LogP contribution in [0.15, 0.2) is 60.8 Å². The van der Waals surface area contributed by atoms with Crippen molar-refractivity contribution in [2.24, 2.45) is 0 Å². The fourth-order valence-electron chi connectivity index (χ4n) is 2.49. The van der Waals surface area contributed by atoms with Gasteiger partial charge >= 0.3 is 0 Å². The van der Waals surface area contributed by atoms with E-state index in [2.05, 4.69) is 15.6 Å². The number of nitrogens with zero attached hydrogens (tertiary/aromatic N) is 1. The number of fused-ring (bicyclic) bond motifs is 1. The molecule has 1 heterocycles. The minimum atomic E-state index is -0.235. The molecule has 5 nitrogen and oxygen atoms in total. The lowest BCUT2D eigenvalue weighted by Crippen LogP contribution is -2.22. The summed E-state index contributed by atoms with van der Waals surface area (Å²) in [5, 5.41) is 6.37. The summed E-state index contributed by atoms with van der Waals surface area (Å²) in [6, 6.07) is 16.0. The zero-order valence-corrected chi connectivity index (χ0v) is 13.2. The van der Waals surface area contributed by atoms with Gasteiger partial charge in [-0.25, -0.2) is 0 Å². The molecule has 0 radical (unpaired) electrons. The number of carbonyl (C=O) groups excluding carboxylic acids is 2. The third-order valence-corrected chi connectivity index (χ3v) is 3.61. The third kappa shape index (κ3) is 3.25. The van der Waals surface area contributed by atoms with Gasteiger partial charge in [-0.2, -0.15) is 0 Å². The molecule has 3 rings (SSSR count). The van der Waals surface area contributed by atoms with Crippen molar-refractivity contribution in [1.82, 2.24) is 10.3 Å². The molecule has 5 heteroatoms. The lowest BCUT2D eigenvalue weighted by molar-refractivity contribution is 0.0954. The molecular formula is C19H17N3O2. The summed E-state index contributed by atoms with van der Waals surface area (Å²) in [5.74, 6) is -0.399. The van der Waals surface area contributed by atoms with E-state index in [1.54, 1.807) is 36.5 Å². The van der Waals surface area contributed by atoms with E-state index in [0.29, 0.717) is 23.4 Å². The Morgan fingerprint density at radius 1 is 1.00 bits per heavy atom. The maximum atomic E-state index is 12.6. The van der Waals surface area contributed by atoms with Crippen LogP contribution in [-0.4, -0.2) is 23.3 Å². The monoisotopic (exact) mass is 319 g/mol. The number of nitrogens with one attached hydrogen (secondary N) is 2. The highest BCUT2D eigenvalue weighted by molar-refractivity contribution is 6.12. The van der Waals surface area contributed by atoms with E-state index < -0.39 is 0 Å². The molecule has 24 heavy (non-hydrogen) atoms. The van der Waals surface area contributed by atoms with Crippen LogP contribution in [-0.2, 0) is 0 Å². The quantitative estimate of drug-likeness (QED) is 0.775. The number of carbonyl (C=O) groups is 2. The normalized spacial score (nSPS) is 10.4. The second kappa shape index (κ2) is 6.91. The first-order valence-electron chi connectivity index (χ1n) is 7.72. The maximum absolute atomic E-state index is 12.6. The molecule has 3 aromatic rings. The number of aromatic nitrogens is 1. The zero-order chi connectivity index (χ0) is 16.9. The van der Waals surface area contributed by atoms with Gasteiger partial charge in [0.2, 0.25) is 0 Å². The van der Waals surface area contributed by atoms with Crippen molar-refractivity contribution in [2.75, 3.05) is 11.9 Å². The largest absolute Gasteiger partial charge is 0.352 e. The predicted molar refractivity (Wildman–Crippen MR) is 94.1 cm³/mol. The fraction of sp³-hybridized carbons (Fsp3) is 0.105. The van der Waals surface area contributed by atoms with Gasteiger partial charge in [-0.05, 0) is 37.3 Å². The van der Waals surface area contributed by atoms with Gasteiger partial charge in [0.15, 0.2) is 0 Å². The molecule has 0 unspecified atom stereocenters. The molecule has 0 aliphatic heterocycles. The molecule has 0 atom stereocenters. The number of amides is 2. The number of hydrogen-bond acceptors (Lipinski definition) is 3. The van der Waals surface area contributed by atoms with Crippen molar-refractivity contribution in [3.63, 3.8) is 0 Å². The van der Waals surface area contributed by atoms with Gasteiger partial charge in [-0.1, -0.05) is 24.3 Å². The molecule has 2 N–H and O–H groups in total. The molecule has 2 amide bonds. The average molecular weight is 319 g/mol. The minimum Gasteiger partial charge on any atom is -0.352 e. The number of anilines is 1. The highest BCUT2D eigenvalue weighted by Crippen LogP contribution is 2.18. The van der Waals surface area contributed by atoms with Crippen molar-refractivity contribution in [3.8, 4) is 0 Å². The third-order valence-electron chi connectivity index (χ3n) is 3.61. The molecule has 120 valence electrons. The molecule has 0 aliphatic rings. The number of para-hydroxylation sites is 1. The lowest BCUT2D eigenvalue weighted by Gasteiger charge is -2.09. The van der Waals surface area contributed by atoms with Crippen molar-refractivity contribution < 1.29 is 9.59 Å². The van der Waals surface area contributed by atoms with E-state index >= 15 is 0 Å². The SMILES string of the molecule is CCNC(=O)c1cccc(NC(=O)c2ccnc3ccccc23)c1. The number of rotatable bonds is 4. The Kier molecular flexibility index (Phi) is 4.52. The molecule has 0 saturated carbocycles. The Balaban J connectivity index is 1.87. The topological polar surface area (TPSA) is 71.1 Å². The van der Waals surface area contributed by atoms with Crippen LogP contribution in [0.2, 0.25) is 0 Å². The van der Waals surface area contributed by atoms with Gasteiger partial charge in [0, 0.05) is 29.4 Å². The van der Waals surface area contributed by atoms with Crippen LogP contribution in [0.1, 0.15) is 27.6 Å². The van der Waals surface area contributed by atoms with Crippen molar-refractivity contribution >= 4 is 28.4 Å². The molecular weight excluding hydrogens is 302 g/mol. The van der Waals surface area contributed by atoms with E-state index in [9.17, 15) is 9.59 Å². The minimum absolute atomic E-state index is 0.164. The number of hydrogen-bond donors (Lipinski definition) is 2. The number of benzene rings is 2. The van der Waals surface area contributed by atoms with Gasteiger partial charge in [-0.15, -0.1) is 0 Å². The Morgan fingerprint density at radius 3 is 2.67 bits per heavy atom. The van der Waals surface area contributed by atoms with E-state index in [-0.39, 0.29) is 11.8 Å². The second-order valence-corrected chi connectivity index (χ2v) is 5.27. The summed E-state index contributed by atoms with van der Waals surface area (Å²) in [6.45, 7) is 2.41. The Morgan fingerprint density at radius 2 is 1.83 bits per heavy atom. The maximum Gasteiger partial charge on any atom is 0.256 e. The van der Waals surface area contributed by atoms with Gasteiger partial charge in [0.1, 0.15) is 0 Å². The average Bonchev–Trinajstić information content (AvgIpc) is 2.61. The highest BCUT2D eigenvalue weighted by atomic mass is 16.2. The van der Waals surface area contributed by atoms with Gasteiger partial charge in [-0.3, -0.25) is 14.6 Å². The first-order chi connectivity index (χ1) is 11.7. The summed E-state index contributed by atoms with van der Waals surface area (Å²) < 4.78 is 0. The second-order valence-electron chi connectivity index (χ2n) is 5.27. The van der Waals surface area contributed by atoms with Gasteiger partial charge in [0.05, 0.1) is 11.1 Å². The Hall–Kier alpha value is -3.21. The summed E-state index contributed by atoms with van der Waals surface area (Å²) in [7, 11) is 0. The predicted octanol–water partition coefficient (Wildman–Crippen LogP) is 3.24. The Labute approximate surface area is 139 Å². The molecule has 1 aromatic heterocycles. The molecule has 0 spiro atoms. The molecule has 0 bridgehead atoms. The standard InChI is InChI=1S/C19H17N3O2/c1-2-20-18(23)13-6-5-7-14(12-13)22-19(24)16-10-11-21-17-9-4-3-8-15(16)17/h3-12H,2H2,1H3,(H,20,23)(H,22,24). The zero-order valence-electron chi connectivity index (χ0n) is 13.2. The van der Waals surface area contributed by atoms with Crippen LogP contribution in [0.5, 0.6) is 0 Å². The molecule has 0 fully saturated rings. The van der Waals surface area contributed by atoms with E-state index in [0.717, 1.165) is 10.9 Å². The van der Waals surface area contributed by atoms with Crippen molar-refractivity contribution in [1.29, 1.82) is 0 Å². The van der Waals surface area contributed by atoms with Gasteiger partial charge in [0.25, 0.3) is 11.8 Å². The van der Waals surface area contributed by atoms with Crippen molar-refractivity contribution in [2.45, 2.75) is 6.92 Å². The van der Waals surface area contributed by atoms with Crippen LogP contribution < -0.4 is 10.6 Å². The van der Waals surface area contributed by atoms with Crippen LogP contribution in [0, 0.1) is 0 Å². The molecule has 0 saturated heterocycles. The first-order valence-corrected chi connectivity index (χ1v) is 7.72. The summed E-state index contributed by atoms with van der Waals surface area (Å²) in [6.07, 6.45) is 1.61. The van der Waals surface area contributed by atoms with Crippen LogP contribution >= 0.6 is 0 Å². The van der Waals surface area contributed by atoms with Crippen LogP contribution in [0.3, 0.4) is 0 Å². The van der Waals surface area contributed by atoms with E-state index in [4.69, 9.17) is 0 Å². The number of pyridine rings is 1. The molecule has 2 aromatic carbocycles. The van der Waals surface area contributed by atoms with Crippen LogP contribution in [0.4, 0.5) is 5.69 Å². The fourth-order valence-corrected chi connectivity index (χ4v) is 2.49. The van der Waals surface area contributed by atoms with Crippen molar-refractivity contribution in [3.05, 3.63) is 71.9 Å². The molecule has 0 aliphatic carbocycles. The lowest BCUT2D eigenvalue weighted by atomic mass is 10.1. The summed E-state index contributed by atoms with van der Waals surface area (Å²) in [5.41, 5.74) is 2.39. The van der Waals surface area contributed by atoms with Crippen LogP contribution in [0.25, 0.3) is 10.9 Å². The summed E-state index contributed by atoms with van der Waals surface area (Å²) >= 11 is 0. The first kappa shape index (κ1) is 15.7. The Bertz CT molecular complexity index is 901.